The standard InChI is InChI=1S/C20H19FN4O2/c1-27-20(26)18-4-2-3-15(22-18)11-25-10-9-17-16(12-25)19(24-23-17)13-5-7-14(21)8-6-13/h2-8H,9-12H2,1H3,(H,23,24). The Kier molecular flexibility index (Phi) is 4.68. The molecule has 1 N–H and O–H groups in total. The molecular formula is C20H19FN4O2. The Hall–Kier alpha value is -3.06. The molecule has 1 aromatic carbocycles. The van der Waals surface area contributed by atoms with Crippen molar-refractivity contribution >= 4 is 5.97 Å². The van der Waals surface area contributed by atoms with Crippen LogP contribution in [-0.2, 0) is 24.2 Å². The normalized spacial score (nSPS) is 14.0. The molecular weight excluding hydrogens is 347 g/mol. The van der Waals surface area contributed by atoms with Crippen LogP contribution in [-0.4, -0.2) is 39.7 Å². The van der Waals surface area contributed by atoms with Crippen LogP contribution in [0.2, 0.25) is 0 Å². The molecule has 3 aromatic rings. The number of fused-ring (bicyclic) bond motifs is 1. The molecule has 0 unspecified atom stereocenters. The first-order chi connectivity index (χ1) is 13.1. The molecule has 0 fully saturated rings. The summed E-state index contributed by atoms with van der Waals surface area (Å²) in [6, 6.07) is 11.7. The average Bonchev–Trinajstić information content (AvgIpc) is 3.11. The van der Waals surface area contributed by atoms with Crippen molar-refractivity contribution in [3.63, 3.8) is 0 Å². The number of nitrogens with zero attached hydrogens (tertiary/aromatic N) is 3. The van der Waals surface area contributed by atoms with Gasteiger partial charge >= 0.3 is 5.97 Å². The van der Waals surface area contributed by atoms with Crippen molar-refractivity contribution in [3.05, 3.63) is 70.9 Å². The van der Waals surface area contributed by atoms with Gasteiger partial charge in [-0.2, -0.15) is 5.10 Å². The SMILES string of the molecule is COC(=O)c1cccc(CN2CCc3[nH]nc(-c4ccc(F)cc4)c3C2)n1. The molecule has 3 heterocycles. The summed E-state index contributed by atoms with van der Waals surface area (Å²) in [5.74, 6) is -0.701. The van der Waals surface area contributed by atoms with E-state index in [1.54, 1.807) is 18.2 Å². The van der Waals surface area contributed by atoms with Gasteiger partial charge in [-0.05, 0) is 36.4 Å². The van der Waals surface area contributed by atoms with E-state index in [1.807, 2.05) is 12.1 Å². The van der Waals surface area contributed by atoms with E-state index in [9.17, 15) is 9.18 Å². The first-order valence-electron chi connectivity index (χ1n) is 8.72. The van der Waals surface area contributed by atoms with Crippen molar-refractivity contribution in [1.29, 1.82) is 0 Å². The quantitative estimate of drug-likeness (QED) is 0.719. The van der Waals surface area contributed by atoms with E-state index in [2.05, 4.69) is 20.1 Å². The smallest absolute Gasteiger partial charge is 0.356 e. The Balaban J connectivity index is 1.54. The fourth-order valence-electron chi connectivity index (χ4n) is 3.35. The van der Waals surface area contributed by atoms with Gasteiger partial charge in [-0.1, -0.05) is 6.07 Å². The van der Waals surface area contributed by atoms with E-state index in [1.165, 1.54) is 19.2 Å². The van der Waals surface area contributed by atoms with Gasteiger partial charge in [-0.25, -0.2) is 14.2 Å². The fourth-order valence-corrected chi connectivity index (χ4v) is 3.35. The third-order valence-electron chi connectivity index (χ3n) is 4.72. The van der Waals surface area contributed by atoms with Crippen LogP contribution in [0.4, 0.5) is 4.39 Å². The second-order valence-corrected chi connectivity index (χ2v) is 6.50. The zero-order valence-corrected chi connectivity index (χ0v) is 14.9. The van der Waals surface area contributed by atoms with E-state index in [-0.39, 0.29) is 5.82 Å². The molecule has 0 radical (unpaired) electrons. The summed E-state index contributed by atoms with van der Waals surface area (Å²) >= 11 is 0. The molecule has 0 amide bonds. The summed E-state index contributed by atoms with van der Waals surface area (Å²) in [5.41, 5.74) is 5.10. The van der Waals surface area contributed by atoms with Gasteiger partial charge in [0.05, 0.1) is 18.5 Å². The van der Waals surface area contributed by atoms with Gasteiger partial charge in [0.15, 0.2) is 0 Å². The minimum atomic E-state index is -0.439. The van der Waals surface area contributed by atoms with Crippen molar-refractivity contribution in [3.8, 4) is 11.3 Å². The number of benzene rings is 1. The van der Waals surface area contributed by atoms with Gasteiger partial charge in [0.2, 0.25) is 0 Å². The number of ether oxygens (including phenoxy) is 1. The van der Waals surface area contributed by atoms with Gasteiger partial charge < -0.3 is 4.74 Å². The van der Waals surface area contributed by atoms with E-state index in [0.29, 0.717) is 18.8 Å². The van der Waals surface area contributed by atoms with Crippen LogP contribution in [0, 0.1) is 5.82 Å². The van der Waals surface area contributed by atoms with Crippen molar-refractivity contribution in [2.45, 2.75) is 19.5 Å². The monoisotopic (exact) mass is 366 g/mol. The molecule has 0 saturated carbocycles. The number of H-pyrrole nitrogens is 1. The molecule has 6 nitrogen and oxygen atoms in total. The lowest BCUT2D eigenvalue weighted by Crippen LogP contribution is -2.30. The highest BCUT2D eigenvalue weighted by atomic mass is 19.1. The predicted molar refractivity (Wildman–Crippen MR) is 97.4 cm³/mol. The number of aromatic amines is 1. The average molecular weight is 366 g/mol. The molecule has 2 aromatic heterocycles. The molecule has 1 aliphatic rings. The number of nitrogens with one attached hydrogen (secondary N) is 1. The third-order valence-corrected chi connectivity index (χ3v) is 4.72. The molecule has 7 heteroatoms. The van der Waals surface area contributed by atoms with Crippen molar-refractivity contribution in [2.75, 3.05) is 13.7 Å². The number of hydrogen-bond donors (Lipinski definition) is 1. The number of hydrogen-bond acceptors (Lipinski definition) is 5. The Morgan fingerprint density at radius 3 is 2.85 bits per heavy atom. The molecule has 0 spiro atoms. The molecule has 27 heavy (non-hydrogen) atoms. The molecule has 0 saturated heterocycles. The van der Waals surface area contributed by atoms with Crippen LogP contribution in [0.1, 0.15) is 27.4 Å². The van der Waals surface area contributed by atoms with Crippen molar-refractivity contribution in [1.82, 2.24) is 20.1 Å². The highest BCUT2D eigenvalue weighted by molar-refractivity contribution is 5.87. The second kappa shape index (κ2) is 7.28. The van der Waals surface area contributed by atoms with Gasteiger partial charge in [0.1, 0.15) is 11.5 Å². The van der Waals surface area contributed by atoms with E-state index in [0.717, 1.165) is 41.2 Å². The summed E-state index contributed by atoms with van der Waals surface area (Å²) in [4.78, 5) is 18.3. The van der Waals surface area contributed by atoms with Crippen LogP contribution < -0.4 is 0 Å². The van der Waals surface area contributed by atoms with Gasteiger partial charge in [-0.15, -0.1) is 0 Å². The third kappa shape index (κ3) is 3.59. The van der Waals surface area contributed by atoms with Crippen molar-refractivity contribution < 1.29 is 13.9 Å². The van der Waals surface area contributed by atoms with Crippen LogP contribution >= 0.6 is 0 Å². The maximum atomic E-state index is 13.2. The highest BCUT2D eigenvalue weighted by Crippen LogP contribution is 2.29. The fraction of sp³-hybridized carbons (Fsp3) is 0.250. The van der Waals surface area contributed by atoms with Crippen LogP contribution in [0.3, 0.4) is 0 Å². The summed E-state index contributed by atoms with van der Waals surface area (Å²) in [6.45, 7) is 2.20. The summed E-state index contributed by atoms with van der Waals surface area (Å²) < 4.78 is 17.9. The van der Waals surface area contributed by atoms with Gasteiger partial charge in [0.25, 0.3) is 0 Å². The lowest BCUT2D eigenvalue weighted by Gasteiger charge is -2.26. The number of carbonyl (C=O) groups excluding carboxylic acids is 1. The zero-order chi connectivity index (χ0) is 18.8. The van der Waals surface area contributed by atoms with E-state index < -0.39 is 5.97 Å². The zero-order valence-electron chi connectivity index (χ0n) is 14.9. The first kappa shape index (κ1) is 17.4. The molecule has 1 aliphatic heterocycles. The number of aromatic nitrogens is 3. The van der Waals surface area contributed by atoms with Crippen LogP contribution in [0.25, 0.3) is 11.3 Å². The van der Waals surface area contributed by atoms with Crippen LogP contribution in [0.5, 0.6) is 0 Å². The maximum Gasteiger partial charge on any atom is 0.356 e. The number of pyridine rings is 1. The number of halogens is 1. The van der Waals surface area contributed by atoms with Crippen LogP contribution in [0.15, 0.2) is 42.5 Å². The molecule has 0 atom stereocenters. The first-order valence-corrected chi connectivity index (χ1v) is 8.72. The molecule has 0 bridgehead atoms. The second-order valence-electron chi connectivity index (χ2n) is 6.50. The topological polar surface area (TPSA) is 71.1 Å². The lowest BCUT2D eigenvalue weighted by atomic mass is 10.0. The van der Waals surface area contributed by atoms with Gasteiger partial charge in [-0.3, -0.25) is 10.00 Å². The minimum absolute atomic E-state index is 0.263. The molecule has 138 valence electrons. The van der Waals surface area contributed by atoms with E-state index in [4.69, 9.17) is 4.74 Å². The van der Waals surface area contributed by atoms with Gasteiger partial charge in [0, 0.05) is 42.9 Å². The Labute approximate surface area is 156 Å². The summed E-state index contributed by atoms with van der Waals surface area (Å²) in [5, 5.41) is 7.54. The Bertz CT molecular complexity index is 968. The van der Waals surface area contributed by atoms with E-state index >= 15 is 0 Å². The lowest BCUT2D eigenvalue weighted by molar-refractivity contribution is 0.0593. The summed E-state index contributed by atoms with van der Waals surface area (Å²) in [7, 11) is 1.35. The number of esters is 1. The molecule has 0 aliphatic carbocycles. The van der Waals surface area contributed by atoms with Crippen molar-refractivity contribution in [2.24, 2.45) is 0 Å². The summed E-state index contributed by atoms with van der Waals surface area (Å²) in [6.07, 6.45) is 0.847. The highest BCUT2D eigenvalue weighted by Gasteiger charge is 2.23. The Morgan fingerprint density at radius 2 is 2.07 bits per heavy atom. The predicted octanol–water partition coefficient (Wildman–Crippen LogP) is 2.96. The number of rotatable bonds is 4. The Morgan fingerprint density at radius 1 is 1.26 bits per heavy atom. The largest absolute Gasteiger partial charge is 0.464 e. The minimum Gasteiger partial charge on any atom is -0.464 e. The number of methoxy groups -OCH3 is 1. The number of carbonyl (C=O) groups is 1. The maximum absolute atomic E-state index is 13.2. The molecule has 4 rings (SSSR count).